The molecule has 4 heterocycles. The van der Waals surface area contributed by atoms with Crippen LogP contribution < -0.4 is 10.6 Å². The fourth-order valence-corrected chi connectivity index (χ4v) is 7.10. The molecular formula is C27H36N6OS. The van der Waals surface area contributed by atoms with E-state index in [4.69, 9.17) is 9.98 Å². The molecule has 1 aliphatic carbocycles. The summed E-state index contributed by atoms with van der Waals surface area (Å²) in [5.74, 6) is 8.70. The number of hydrogen-bond donors (Lipinski definition) is 2. The quantitative estimate of drug-likeness (QED) is 0.590. The minimum atomic E-state index is -0.277. The van der Waals surface area contributed by atoms with Crippen molar-refractivity contribution in [2.24, 2.45) is 21.3 Å². The number of nitrogens with one attached hydrogen (secondary N) is 2. The van der Waals surface area contributed by atoms with Crippen molar-refractivity contribution in [1.82, 2.24) is 20.4 Å². The Balaban J connectivity index is 1.35. The van der Waals surface area contributed by atoms with E-state index in [9.17, 15) is 4.79 Å². The number of rotatable bonds is 4. The van der Waals surface area contributed by atoms with Gasteiger partial charge in [0.05, 0.1) is 10.4 Å². The first-order valence-electron chi connectivity index (χ1n) is 12.7. The summed E-state index contributed by atoms with van der Waals surface area (Å²) in [6.07, 6.45) is 10.9. The lowest BCUT2D eigenvalue weighted by atomic mass is 9.70. The number of amides is 1. The fourth-order valence-electron chi connectivity index (χ4n) is 5.62. The maximum atomic E-state index is 13.2. The topological polar surface area (TPSA) is 72.3 Å². The number of allylic oxidation sites excluding steroid dienone is 2. The van der Waals surface area contributed by atoms with Gasteiger partial charge in [-0.05, 0) is 37.8 Å². The lowest BCUT2D eigenvalue weighted by Crippen LogP contribution is -2.56. The van der Waals surface area contributed by atoms with Crippen LogP contribution in [0.15, 0.2) is 43.5 Å². The highest BCUT2D eigenvalue weighted by Crippen LogP contribution is 2.59. The van der Waals surface area contributed by atoms with Gasteiger partial charge >= 0.3 is 0 Å². The minimum Gasteiger partial charge on any atom is -0.344 e. The molecule has 0 bridgehead atoms. The number of piperazine rings is 1. The third-order valence-corrected chi connectivity index (χ3v) is 9.15. The molecule has 5 rings (SSSR count). The van der Waals surface area contributed by atoms with Crippen LogP contribution >= 0.6 is 11.8 Å². The van der Waals surface area contributed by atoms with E-state index in [1.165, 1.54) is 5.57 Å². The molecule has 2 N–H and O–H groups in total. The zero-order valence-electron chi connectivity index (χ0n) is 21.3. The van der Waals surface area contributed by atoms with Gasteiger partial charge in [-0.3, -0.25) is 9.69 Å². The van der Waals surface area contributed by atoms with Crippen LogP contribution in [-0.2, 0) is 4.79 Å². The molecular weight excluding hydrogens is 456 g/mol. The molecule has 3 unspecified atom stereocenters. The molecule has 5 aliphatic rings. The maximum absolute atomic E-state index is 13.2. The Morgan fingerprint density at radius 2 is 2.11 bits per heavy atom. The minimum absolute atomic E-state index is 0.0419. The molecule has 0 aromatic rings. The molecule has 1 saturated heterocycles. The monoisotopic (exact) mass is 492 g/mol. The predicted molar refractivity (Wildman–Crippen MR) is 144 cm³/mol. The normalized spacial score (nSPS) is 32.7. The Labute approximate surface area is 213 Å². The molecule has 0 spiro atoms. The van der Waals surface area contributed by atoms with Crippen LogP contribution in [0.1, 0.15) is 46.0 Å². The molecule has 35 heavy (non-hydrogen) atoms. The average Bonchev–Trinajstić information content (AvgIpc) is 3.18. The number of fused-ring (bicyclic) bond motifs is 1. The molecule has 3 atom stereocenters. The van der Waals surface area contributed by atoms with Crippen LogP contribution in [0.25, 0.3) is 0 Å². The van der Waals surface area contributed by atoms with Crippen LogP contribution in [0.5, 0.6) is 0 Å². The molecule has 8 heteroatoms. The Kier molecular flexibility index (Phi) is 6.69. The number of carbonyl (C=O) groups excluding carboxylic acids is 1. The van der Waals surface area contributed by atoms with Gasteiger partial charge in [0.25, 0.3) is 5.91 Å². The standard InChI is InChI=1S/C27H36N6OS/c1-26(33-14-12-28-13-15-33)11-10-21(30-18-26)31-22-16-27(2)20(17-29-22)35-24(25(34)32(3)4)23(27)19-8-6-5-7-9-19/h10,17-19,28H,5-6,8,11-16H2,1-4H3,(H,29,31). The first-order chi connectivity index (χ1) is 16.8. The van der Waals surface area contributed by atoms with Gasteiger partial charge in [-0.1, -0.05) is 24.6 Å². The first-order valence-corrected chi connectivity index (χ1v) is 13.5. The largest absolute Gasteiger partial charge is 0.344 e. The van der Waals surface area contributed by atoms with Crippen LogP contribution in [0, 0.1) is 23.2 Å². The summed E-state index contributed by atoms with van der Waals surface area (Å²) >= 11 is 1.59. The van der Waals surface area contributed by atoms with Gasteiger partial charge < -0.3 is 15.5 Å². The second kappa shape index (κ2) is 9.61. The van der Waals surface area contributed by atoms with Gasteiger partial charge in [0.2, 0.25) is 0 Å². The highest BCUT2D eigenvalue weighted by atomic mass is 32.2. The van der Waals surface area contributed by atoms with E-state index in [0.717, 1.165) is 73.3 Å². The highest BCUT2D eigenvalue weighted by molar-refractivity contribution is 8.08. The summed E-state index contributed by atoms with van der Waals surface area (Å²) in [5, 5.41) is 6.93. The number of thioether (sulfide) groups is 1. The van der Waals surface area contributed by atoms with Crippen molar-refractivity contribution in [3.05, 3.63) is 33.5 Å². The van der Waals surface area contributed by atoms with Crippen molar-refractivity contribution in [2.45, 2.75) is 51.5 Å². The van der Waals surface area contributed by atoms with Crippen molar-refractivity contribution < 1.29 is 4.79 Å². The van der Waals surface area contributed by atoms with Crippen molar-refractivity contribution in [2.75, 3.05) is 40.3 Å². The van der Waals surface area contributed by atoms with Gasteiger partial charge in [-0.2, -0.15) is 0 Å². The zero-order valence-corrected chi connectivity index (χ0v) is 22.1. The highest BCUT2D eigenvalue weighted by Gasteiger charge is 2.49. The SMILES string of the molecule is CN(C)C(=O)C1=C(C2C#CCCC2)C2(C)CC(NC3=CCC(C)(N4CCNCC4)C=N3)=NC=C2S1. The van der Waals surface area contributed by atoms with Gasteiger partial charge in [-0.25, -0.2) is 9.98 Å². The Morgan fingerprint density at radius 3 is 2.77 bits per heavy atom. The Bertz CT molecular complexity index is 1120. The molecule has 0 radical (unpaired) electrons. The van der Waals surface area contributed by atoms with Crippen LogP contribution in [0.2, 0.25) is 0 Å². The number of aliphatic imine (C=N–C) groups is 2. The van der Waals surface area contributed by atoms with E-state index < -0.39 is 0 Å². The van der Waals surface area contributed by atoms with Crippen molar-refractivity contribution in [1.29, 1.82) is 0 Å². The Morgan fingerprint density at radius 1 is 1.31 bits per heavy atom. The smallest absolute Gasteiger partial charge is 0.260 e. The van der Waals surface area contributed by atoms with E-state index in [1.54, 1.807) is 16.7 Å². The first kappa shape index (κ1) is 24.4. The van der Waals surface area contributed by atoms with E-state index in [0.29, 0.717) is 6.42 Å². The number of likely N-dealkylation sites (N-methyl/N-ethyl adjacent to an activating group) is 1. The van der Waals surface area contributed by atoms with Gasteiger partial charge in [0, 0.05) is 81.8 Å². The molecule has 0 aromatic carbocycles. The summed E-state index contributed by atoms with van der Waals surface area (Å²) in [5.41, 5.74) is 0.863. The summed E-state index contributed by atoms with van der Waals surface area (Å²) < 4.78 is 0. The van der Waals surface area contributed by atoms with Crippen molar-refractivity contribution >= 4 is 29.7 Å². The lowest BCUT2D eigenvalue weighted by molar-refractivity contribution is -0.124. The summed E-state index contributed by atoms with van der Waals surface area (Å²) in [4.78, 5) is 28.9. The second-order valence-corrected chi connectivity index (χ2v) is 11.7. The molecule has 0 aromatic heterocycles. The summed E-state index contributed by atoms with van der Waals surface area (Å²) in [6.45, 7) is 8.67. The van der Waals surface area contributed by atoms with Gasteiger partial charge in [-0.15, -0.1) is 5.92 Å². The van der Waals surface area contributed by atoms with E-state index in [2.05, 4.69) is 53.5 Å². The van der Waals surface area contributed by atoms with Crippen molar-refractivity contribution in [3.63, 3.8) is 0 Å². The number of carbonyl (C=O) groups is 1. The second-order valence-electron chi connectivity index (χ2n) is 10.7. The fraction of sp³-hybridized carbons (Fsp3) is 0.593. The van der Waals surface area contributed by atoms with Crippen molar-refractivity contribution in [3.8, 4) is 11.8 Å². The van der Waals surface area contributed by atoms with Crippen LogP contribution in [0.3, 0.4) is 0 Å². The third-order valence-electron chi connectivity index (χ3n) is 7.78. The molecule has 0 saturated carbocycles. The number of amidine groups is 1. The predicted octanol–water partition coefficient (Wildman–Crippen LogP) is 3.10. The molecule has 4 aliphatic heterocycles. The van der Waals surface area contributed by atoms with E-state index in [-0.39, 0.29) is 22.8 Å². The number of hydrogen-bond acceptors (Lipinski definition) is 7. The summed E-state index contributed by atoms with van der Waals surface area (Å²) in [7, 11) is 3.65. The average molecular weight is 493 g/mol. The lowest BCUT2D eigenvalue weighted by Gasteiger charge is -2.42. The maximum Gasteiger partial charge on any atom is 0.260 e. The van der Waals surface area contributed by atoms with Crippen LogP contribution in [0.4, 0.5) is 0 Å². The van der Waals surface area contributed by atoms with E-state index >= 15 is 0 Å². The van der Waals surface area contributed by atoms with Crippen LogP contribution in [-0.4, -0.2) is 73.6 Å². The molecule has 7 nitrogen and oxygen atoms in total. The number of nitrogens with zero attached hydrogens (tertiary/aromatic N) is 4. The van der Waals surface area contributed by atoms with E-state index in [1.807, 2.05) is 20.3 Å². The molecule has 186 valence electrons. The summed E-state index contributed by atoms with van der Waals surface area (Å²) in [6, 6.07) is 0. The Hall–Kier alpha value is -2.34. The third kappa shape index (κ3) is 4.62. The van der Waals surface area contributed by atoms with Gasteiger partial charge in [0.1, 0.15) is 11.7 Å². The van der Waals surface area contributed by atoms with Gasteiger partial charge in [0.15, 0.2) is 0 Å². The molecule has 1 fully saturated rings. The molecule has 1 amide bonds. The zero-order chi connectivity index (χ0) is 24.6.